The zero-order valence-electron chi connectivity index (χ0n) is 30.4. The maximum absolute atomic E-state index is 13.8. The third kappa shape index (κ3) is 12.5. The maximum atomic E-state index is 13.8. The summed E-state index contributed by atoms with van der Waals surface area (Å²) in [5, 5.41) is 10.3. The first-order valence-electron chi connectivity index (χ1n) is 16.7. The van der Waals surface area contributed by atoms with Crippen molar-refractivity contribution >= 4 is 24.0 Å². The van der Waals surface area contributed by atoms with Gasteiger partial charge in [0, 0.05) is 30.9 Å². The molecule has 1 aromatic heterocycles. The SMILES string of the molecule is COC(=O)N[C@@H](C(=O)N[C@H](CCN(Cc1ccc(-c2ccccn2)cc1)NC(=O)[C@H](NC(=O)OC)C(C)(C)C)Cc1ccccc1)C(C)(C)C. The van der Waals surface area contributed by atoms with Crippen LogP contribution in [0.4, 0.5) is 9.59 Å². The summed E-state index contributed by atoms with van der Waals surface area (Å²) in [6.07, 6.45) is 1.28. The van der Waals surface area contributed by atoms with E-state index in [1.54, 1.807) is 11.2 Å². The predicted molar refractivity (Wildman–Crippen MR) is 192 cm³/mol. The molecule has 50 heavy (non-hydrogen) atoms. The second-order valence-corrected chi connectivity index (χ2v) is 14.4. The van der Waals surface area contributed by atoms with Crippen molar-refractivity contribution in [3.05, 3.63) is 90.1 Å². The van der Waals surface area contributed by atoms with Gasteiger partial charge < -0.3 is 25.4 Å². The quantitative estimate of drug-likeness (QED) is 0.168. The van der Waals surface area contributed by atoms with Crippen LogP contribution >= 0.6 is 0 Å². The first-order chi connectivity index (χ1) is 23.6. The van der Waals surface area contributed by atoms with E-state index in [4.69, 9.17) is 9.47 Å². The lowest BCUT2D eigenvalue weighted by atomic mass is 9.86. The molecule has 12 heteroatoms. The number of carbonyl (C=O) groups is 4. The van der Waals surface area contributed by atoms with Crippen LogP contribution in [0.5, 0.6) is 0 Å². The molecule has 0 aliphatic heterocycles. The van der Waals surface area contributed by atoms with Gasteiger partial charge in [-0.1, -0.05) is 102 Å². The van der Waals surface area contributed by atoms with Gasteiger partial charge in [-0.15, -0.1) is 0 Å². The van der Waals surface area contributed by atoms with Gasteiger partial charge in [0.15, 0.2) is 0 Å². The molecule has 0 fully saturated rings. The molecular formula is C38H52N6O6. The highest BCUT2D eigenvalue weighted by Crippen LogP contribution is 2.22. The van der Waals surface area contributed by atoms with E-state index in [2.05, 4.69) is 26.4 Å². The predicted octanol–water partition coefficient (Wildman–Crippen LogP) is 5.24. The average molecular weight is 689 g/mol. The van der Waals surface area contributed by atoms with Crippen LogP contribution in [0.15, 0.2) is 79.0 Å². The fourth-order valence-corrected chi connectivity index (χ4v) is 5.35. The van der Waals surface area contributed by atoms with Crippen LogP contribution in [0, 0.1) is 10.8 Å². The second kappa shape index (κ2) is 18.1. The largest absolute Gasteiger partial charge is 0.453 e. The van der Waals surface area contributed by atoms with Crippen molar-refractivity contribution in [2.24, 2.45) is 10.8 Å². The van der Waals surface area contributed by atoms with Gasteiger partial charge in [-0.25, -0.2) is 14.6 Å². The number of rotatable bonds is 14. The number of hydrazine groups is 1. The van der Waals surface area contributed by atoms with Crippen LogP contribution in [0.1, 0.15) is 59.1 Å². The Kier molecular flexibility index (Phi) is 14.3. The highest BCUT2D eigenvalue weighted by atomic mass is 16.5. The number of ether oxygens (including phenoxy) is 2. The number of aromatic nitrogens is 1. The van der Waals surface area contributed by atoms with E-state index in [9.17, 15) is 19.2 Å². The zero-order chi connectivity index (χ0) is 36.9. The molecule has 12 nitrogen and oxygen atoms in total. The van der Waals surface area contributed by atoms with E-state index in [-0.39, 0.29) is 11.9 Å². The van der Waals surface area contributed by atoms with Crippen molar-refractivity contribution in [2.75, 3.05) is 20.8 Å². The van der Waals surface area contributed by atoms with Crippen molar-refractivity contribution in [1.29, 1.82) is 0 Å². The number of carbonyl (C=O) groups excluding carboxylic acids is 4. The van der Waals surface area contributed by atoms with Crippen LogP contribution in [0.25, 0.3) is 11.3 Å². The topological polar surface area (TPSA) is 151 Å². The second-order valence-electron chi connectivity index (χ2n) is 14.4. The number of hydrogen-bond acceptors (Lipinski definition) is 8. The van der Waals surface area contributed by atoms with Crippen LogP contribution in [-0.4, -0.2) is 72.9 Å². The van der Waals surface area contributed by atoms with E-state index < -0.39 is 41.0 Å². The lowest BCUT2D eigenvalue weighted by Crippen LogP contribution is -2.58. The number of methoxy groups -OCH3 is 2. The van der Waals surface area contributed by atoms with Crippen LogP contribution < -0.4 is 21.4 Å². The Morgan fingerprint density at radius 3 is 1.78 bits per heavy atom. The summed E-state index contributed by atoms with van der Waals surface area (Å²) in [6, 6.07) is 21.3. The molecule has 0 saturated heterocycles. The number of hydrogen-bond donors (Lipinski definition) is 4. The van der Waals surface area contributed by atoms with Crippen molar-refractivity contribution in [3.8, 4) is 11.3 Å². The van der Waals surface area contributed by atoms with Crippen molar-refractivity contribution in [3.63, 3.8) is 0 Å². The van der Waals surface area contributed by atoms with Gasteiger partial charge >= 0.3 is 12.2 Å². The molecule has 1 heterocycles. The molecule has 0 saturated carbocycles. The van der Waals surface area contributed by atoms with Crippen molar-refractivity contribution < 1.29 is 28.7 Å². The minimum Gasteiger partial charge on any atom is -0.453 e. The highest BCUT2D eigenvalue weighted by molar-refractivity contribution is 5.87. The maximum Gasteiger partial charge on any atom is 0.407 e. The molecule has 0 aliphatic carbocycles. The van der Waals surface area contributed by atoms with E-state index in [1.165, 1.54) is 14.2 Å². The molecule has 4 N–H and O–H groups in total. The Labute approximate surface area is 295 Å². The summed E-state index contributed by atoms with van der Waals surface area (Å²) in [5.74, 6) is -0.758. The molecule has 2 aromatic carbocycles. The minimum absolute atomic E-state index is 0.337. The van der Waals surface area contributed by atoms with Crippen LogP contribution in [0.3, 0.4) is 0 Å². The third-order valence-corrected chi connectivity index (χ3v) is 8.13. The summed E-state index contributed by atoms with van der Waals surface area (Å²) < 4.78 is 9.59. The summed E-state index contributed by atoms with van der Waals surface area (Å²) in [6.45, 7) is 11.8. The summed E-state index contributed by atoms with van der Waals surface area (Å²) >= 11 is 0. The number of nitrogens with zero attached hydrogens (tertiary/aromatic N) is 2. The van der Waals surface area contributed by atoms with Gasteiger partial charge in [-0.3, -0.25) is 20.0 Å². The lowest BCUT2D eigenvalue weighted by molar-refractivity contribution is -0.131. The minimum atomic E-state index is -0.902. The molecule has 0 spiro atoms. The number of benzene rings is 2. The monoisotopic (exact) mass is 688 g/mol. The van der Waals surface area contributed by atoms with Crippen LogP contribution in [0.2, 0.25) is 0 Å². The first kappa shape index (κ1) is 39.5. The van der Waals surface area contributed by atoms with Gasteiger partial charge in [0.1, 0.15) is 12.1 Å². The summed E-state index contributed by atoms with van der Waals surface area (Å²) in [5.41, 5.74) is 5.54. The molecule has 0 bridgehead atoms. The Bertz CT molecular complexity index is 1540. The van der Waals surface area contributed by atoms with Crippen LogP contribution in [-0.2, 0) is 32.0 Å². The van der Waals surface area contributed by atoms with Gasteiger partial charge in [0.05, 0.1) is 19.9 Å². The zero-order valence-corrected chi connectivity index (χ0v) is 30.4. The molecule has 0 radical (unpaired) electrons. The lowest BCUT2D eigenvalue weighted by Gasteiger charge is -2.34. The standard InChI is InChI=1S/C38H52N6O6/c1-37(2,3)31(41-35(47)49-7)33(45)40-29(24-26-14-10-9-11-15-26)21-23-44(43-34(46)32(38(4,5)6)42-36(48)50-8)25-27-17-19-28(20-18-27)30-16-12-13-22-39-30/h9-20,22,29,31-32H,21,23-25H2,1-8H3,(H,40,45)(H,41,47)(H,42,48)(H,43,46)/t29-,31+,32+/m1/s1. The number of pyridine rings is 1. The average Bonchev–Trinajstić information content (AvgIpc) is 3.08. The molecule has 0 unspecified atom stereocenters. The fourth-order valence-electron chi connectivity index (χ4n) is 5.35. The van der Waals surface area contributed by atoms with Crippen molar-refractivity contribution in [1.82, 2.24) is 31.4 Å². The van der Waals surface area contributed by atoms with Gasteiger partial charge in [0.25, 0.3) is 5.91 Å². The molecule has 3 rings (SSSR count). The van der Waals surface area contributed by atoms with E-state index in [0.717, 1.165) is 22.4 Å². The Hall–Kier alpha value is -4.97. The van der Waals surface area contributed by atoms with Gasteiger partial charge in [-0.05, 0) is 46.9 Å². The Morgan fingerprint density at radius 1 is 0.700 bits per heavy atom. The molecular weight excluding hydrogens is 636 g/mol. The fraction of sp³-hybridized carbons (Fsp3) is 0.447. The number of alkyl carbamates (subject to hydrolysis) is 2. The van der Waals surface area contributed by atoms with E-state index in [0.29, 0.717) is 25.9 Å². The van der Waals surface area contributed by atoms with E-state index in [1.807, 2.05) is 114 Å². The molecule has 4 amide bonds. The van der Waals surface area contributed by atoms with Gasteiger partial charge in [-0.2, -0.15) is 0 Å². The molecule has 270 valence electrons. The molecule has 3 aromatic rings. The Morgan fingerprint density at radius 2 is 1.26 bits per heavy atom. The van der Waals surface area contributed by atoms with Gasteiger partial charge in [0.2, 0.25) is 5.91 Å². The smallest absolute Gasteiger partial charge is 0.407 e. The van der Waals surface area contributed by atoms with E-state index >= 15 is 0 Å². The number of amides is 4. The summed E-state index contributed by atoms with van der Waals surface area (Å²) in [4.78, 5) is 56.3. The third-order valence-electron chi connectivity index (χ3n) is 8.13. The highest BCUT2D eigenvalue weighted by Gasteiger charge is 2.36. The Balaban J connectivity index is 1.90. The normalized spacial score (nSPS) is 13.4. The molecule has 0 aliphatic rings. The first-order valence-corrected chi connectivity index (χ1v) is 16.7. The summed E-state index contributed by atoms with van der Waals surface area (Å²) in [7, 11) is 2.51. The number of nitrogens with one attached hydrogen (secondary N) is 4. The van der Waals surface area contributed by atoms with Crippen molar-refractivity contribution in [2.45, 2.75) is 79.1 Å². The molecule has 3 atom stereocenters.